The van der Waals surface area contributed by atoms with Gasteiger partial charge in [0.2, 0.25) is 0 Å². The summed E-state index contributed by atoms with van der Waals surface area (Å²) in [6, 6.07) is 10.0. The summed E-state index contributed by atoms with van der Waals surface area (Å²) in [4.78, 5) is 11.9. The van der Waals surface area contributed by atoms with Crippen LogP contribution in [0.25, 0.3) is 0 Å². The molecule has 0 fully saturated rings. The zero-order chi connectivity index (χ0) is 14.8. The molecule has 0 aliphatic heterocycles. The van der Waals surface area contributed by atoms with Gasteiger partial charge in [0, 0.05) is 5.69 Å². The first-order chi connectivity index (χ1) is 10.1. The predicted molar refractivity (Wildman–Crippen MR) is 78.4 cm³/mol. The highest BCUT2D eigenvalue weighted by atomic mass is 19.1. The van der Waals surface area contributed by atoms with Crippen molar-refractivity contribution in [1.82, 2.24) is 0 Å². The highest BCUT2D eigenvalue weighted by Gasteiger charge is 2.15. The number of ether oxygens (including phenoxy) is 1. The van der Waals surface area contributed by atoms with Crippen LogP contribution >= 0.6 is 0 Å². The Bertz CT molecular complexity index is 697. The lowest BCUT2D eigenvalue weighted by molar-refractivity contribution is 0.0467. The number of fused-ring (bicyclic) bond motifs is 1. The van der Waals surface area contributed by atoms with E-state index < -0.39 is 11.8 Å². The Morgan fingerprint density at radius 3 is 2.76 bits per heavy atom. The number of aryl methyl sites for hydroxylation is 2. The van der Waals surface area contributed by atoms with E-state index in [1.165, 1.54) is 29.7 Å². The number of rotatable bonds is 3. The maximum atomic E-state index is 13.6. The molecule has 0 spiro atoms. The Balaban J connectivity index is 1.68. The third-order valence-electron chi connectivity index (χ3n) is 3.75. The minimum atomic E-state index is -0.673. The van der Waals surface area contributed by atoms with Crippen molar-refractivity contribution < 1.29 is 13.9 Å². The summed E-state index contributed by atoms with van der Waals surface area (Å²) in [6.45, 7) is 0.149. The van der Waals surface area contributed by atoms with Gasteiger partial charge >= 0.3 is 5.97 Å². The van der Waals surface area contributed by atoms with Crippen molar-refractivity contribution in [2.45, 2.75) is 25.9 Å². The van der Waals surface area contributed by atoms with Gasteiger partial charge in [0.1, 0.15) is 12.4 Å². The number of hydrogen-bond donors (Lipinski definition) is 1. The molecular formula is C17H16FNO2. The van der Waals surface area contributed by atoms with E-state index in [4.69, 9.17) is 10.5 Å². The van der Waals surface area contributed by atoms with Crippen LogP contribution in [-0.2, 0) is 24.2 Å². The molecule has 4 heteroatoms. The van der Waals surface area contributed by atoms with Crippen molar-refractivity contribution in [1.29, 1.82) is 0 Å². The number of nitrogen functional groups attached to an aromatic ring is 1. The van der Waals surface area contributed by atoms with Gasteiger partial charge in [-0.2, -0.15) is 0 Å². The number of carbonyl (C=O) groups is 1. The molecule has 2 N–H and O–H groups in total. The van der Waals surface area contributed by atoms with Gasteiger partial charge in [-0.25, -0.2) is 9.18 Å². The Hall–Kier alpha value is -2.36. The first kappa shape index (κ1) is 13.6. The van der Waals surface area contributed by atoms with Crippen molar-refractivity contribution in [3.8, 4) is 0 Å². The van der Waals surface area contributed by atoms with Crippen LogP contribution in [0.5, 0.6) is 0 Å². The van der Waals surface area contributed by atoms with Crippen LogP contribution in [0.3, 0.4) is 0 Å². The third kappa shape index (κ3) is 2.89. The van der Waals surface area contributed by atoms with Gasteiger partial charge in [0.25, 0.3) is 0 Å². The van der Waals surface area contributed by atoms with Gasteiger partial charge < -0.3 is 10.5 Å². The molecule has 0 unspecified atom stereocenters. The average molecular weight is 285 g/mol. The van der Waals surface area contributed by atoms with Crippen LogP contribution in [0.1, 0.15) is 33.5 Å². The smallest absolute Gasteiger partial charge is 0.341 e. The number of esters is 1. The molecule has 0 saturated carbocycles. The molecule has 108 valence electrons. The van der Waals surface area contributed by atoms with Gasteiger partial charge in [-0.05, 0) is 54.2 Å². The van der Waals surface area contributed by atoms with Crippen LogP contribution in [0.15, 0.2) is 36.4 Å². The largest absolute Gasteiger partial charge is 0.457 e. The fourth-order valence-corrected chi connectivity index (χ4v) is 2.64. The molecule has 2 aromatic carbocycles. The van der Waals surface area contributed by atoms with Crippen LogP contribution in [0.4, 0.5) is 10.1 Å². The quantitative estimate of drug-likeness (QED) is 0.695. The monoisotopic (exact) mass is 285 g/mol. The van der Waals surface area contributed by atoms with Crippen molar-refractivity contribution in [3.63, 3.8) is 0 Å². The summed E-state index contributed by atoms with van der Waals surface area (Å²) < 4.78 is 18.8. The maximum Gasteiger partial charge on any atom is 0.341 e. The molecule has 21 heavy (non-hydrogen) atoms. The van der Waals surface area contributed by atoms with Crippen LogP contribution < -0.4 is 5.73 Å². The van der Waals surface area contributed by atoms with Crippen LogP contribution in [0, 0.1) is 5.82 Å². The molecule has 0 aromatic heterocycles. The second-order valence-corrected chi connectivity index (χ2v) is 5.27. The first-order valence-corrected chi connectivity index (χ1v) is 6.96. The lowest BCUT2D eigenvalue weighted by Crippen LogP contribution is -2.08. The molecule has 2 aromatic rings. The van der Waals surface area contributed by atoms with E-state index in [1.807, 2.05) is 6.07 Å². The number of hydrogen-bond acceptors (Lipinski definition) is 3. The number of halogens is 1. The second kappa shape index (κ2) is 5.56. The number of nitrogens with two attached hydrogens (primary N) is 1. The fourth-order valence-electron chi connectivity index (χ4n) is 2.64. The average Bonchev–Trinajstić information content (AvgIpc) is 2.92. The first-order valence-electron chi connectivity index (χ1n) is 6.96. The Labute approximate surface area is 122 Å². The van der Waals surface area contributed by atoms with Gasteiger partial charge in [-0.3, -0.25) is 0 Å². The lowest BCUT2D eigenvalue weighted by atomic mass is 10.1. The molecule has 0 heterocycles. The van der Waals surface area contributed by atoms with Gasteiger partial charge in [-0.15, -0.1) is 0 Å². The summed E-state index contributed by atoms with van der Waals surface area (Å²) in [7, 11) is 0. The second-order valence-electron chi connectivity index (χ2n) is 5.27. The SMILES string of the molecule is Nc1ccc(C(=O)OCc2ccc3c(c2)CCC3)c(F)c1. The molecule has 0 bridgehead atoms. The van der Waals surface area contributed by atoms with E-state index in [0.29, 0.717) is 0 Å². The van der Waals surface area contributed by atoms with Crippen molar-refractivity contribution >= 4 is 11.7 Å². The van der Waals surface area contributed by atoms with Crippen LogP contribution in [0.2, 0.25) is 0 Å². The molecule has 3 nitrogen and oxygen atoms in total. The lowest BCUT2D eigenvalue weighted by Gasteiger charge is -2.08. The highest BCUT2D eigenvalue weighted by Crippen LogP contribution is 2.23. The van der Waals surface area contributed by atoms with E-state index in [-0.39, 0.29) is 17.9 Å². The van der Waals surface area contributed by atoms with E-state index in [1.54, 1.807) is 0 Å². The zero-order valence-electron chi connectivity index (χ0n) is 11.6. The third-order valence-corrected chi connectivity index (χ3v) is 3.75. The molecule has 0 radical (unpaired) electrons. The Morgan fingerprint density at radius 1 is 1.14 bits per heavy atom. The maximum absolute atomic E-state index is 13.6. The highest BCUT2D eigenvalue weighted by molar-refractivity contribution is 5.90. The van der Waals surface area contributed by atoms with E-state index in [0.717, 1.165) is 24.5 Å². The van der Waals surface area contributed by atoms with E-state index in [2.05, 4.69) is 12.1 Å². The van der Waals surface area contributed by atoms with Gasteiger partial charge in [0.05, 0.1) is 5.56 Å². The van der Waals surface area contributed by atoms with Crippen molar-refractivity contribution in [2.75, 3.05) is 5.73 Å². The molecular weight excluding hydrogens is 269 g/mol. The molecule has 0 amide bonds. The van der Waals surface area contributed by atoms with E-state index >= 15 is 0 Å². The Kier molecular flexibility index (Phi) is 3.60. The van der Waals surface area contributed by atoms with Crippen LogP contribution in [-0.4, -0.2) is 5.97 Å². The minimum Gasteiger partial charge on any atom is -0.457 e. The minimum absolute atomic E-state index is 0.0923. The normalized spacial score (nSPS) is 13.0. The number of carbonyl (C=O) groups excluding carboxylic acids is 1. The summed E-state index contributed by atoms with van der Waals surface area (Å²) in [5, 5.41) is 0. The number of anilines is 1. The summed E-state index contributed by atoms with van der Waals surface area (Å²) in [6.07, 6.45) is 3.37. The fraction of sp³-hybridized carbons (Fsp3) is 0.235. The molecule has 1 aliphatic rings. The van der Waals surface area contributed by atoms with Crippen molar-refractivity contribution in [3.05, 3.63) is 64.5 Å². The topological polar surface area (TPSA) is 52.3 Å². The molecule has 1 aliphatic carbocycles. The summed E-state index contributed by atoms with van der Waals surface area (Å²) in [5.41, 5.74) is 9.26. The van der Waals surface area contributed by atoms with Gasteiger partial charge in [0.15, 0.2) is 0 Å². The predicted octanol–water partition coefficient (Wildman–Crippen LogP) is 3.25. The standard InChI is InChI=1S/C17H16FNO2/c18-16-9-14(19)6-7-15(16)17(20)21-10-11-4-5-12-2-1-3-13(12)8-11/h4-9H,1-3,10,19H2. The molecule has 3 rings (SSSR count). The molecule has 0 saturated heterocycles. The van der Waals surface area contributed by atoms with E-state index in [9.17, 15) is 9.18 Å². The molecule has 0 atom stereocenters. The Morgan fingerprint density at radius 2 is 1.95 bits per heavy atom. The number of benzene rings is 2. The van der Waals surface area contributed by atoms with Crippen molar-refractivity contribution in [2.24, 2.45) is 0 Å². The summed E-state index contributed by atoms with van der Waals surface area (Å²) in [5.74, 6) is -1.33. The summed E-state index contributed by atoms with van der Waals surface area (Å²) >= 11 is 0. The zero-order valence-corrected chi connectivity index (χ0v) is 11.6. The van der Waals surface area contributed by atoms with Gasteiger partial charge in [-0.1, -0.05) is 18.2 Å².